The molecule has 0 radical (unpaired) electrons. The number of allylic oxidation sites excluding steroid dienone is 5. The molecule has 2 aromatic carbocycles. The Morgan fingerprint density at radius 2 is 1.76 bits per heavy atom. The summed E-state index contributed by atoms with van der Waals surface area (Å²) in [4.78, 5) is 18.4. The molecule has 220 valence electrons. The summed E-state index contributed by atoms with van der Waals surface area (Å²) in [6, 6.07) is 13.3. The Hall–Kier alpha value is -3.63. The second kappa shape index (κ2) is 10.9. The van der Waals surface area contributed by atoms with Crippen LogP contribution in [0.3, 0.4) is 0 Å². The van der Waals surface area contributed by atoms with Crippen molar-refractivity contribution in [3.05, 3.63) is 106 Å². The van der Waals surface area contributed by atoms with Gasteiger partial charge in [0.05, 0.1) is 5.41 Å². The molecule has 1 unspecified atom stereocenters. The van der Waals surface area contributed by atoms with Crippen LogP contribution >= 0.6 is 0 Å². The summed E-state index contributed by atoms with van der Waals surface area (Å²) in [6.45, 7) is 23.5. The number of nitrogens with zero attached hydrogens (tertiary/aromatic N) is 2. The van der Waals surface area contributed by atoms with Crippen LogP contribution in [0.1, 0.15) is 55.9 Å². The zero-order valence-corrected chi connectivity index (χ0v) is 26.7. The lowest BCUT2D eigenvalue weighted by Crippen LogP contribution is -2.47. The summed E-state index contributed by atoms with van der Waals surface area (Å²) in [6.07, 6.45) is 2.79. The van der Waals surface area contributed by atoms with Crippen LogP contribution in [0.5, 0.6) is 0 Å². The first-order chi connectivity index (χ1) is 19.8. The summed E-state index contributed by atoms with van der Waals surface area (Å²) < 4.78 is 0. The van der Waals surface area contributed by atoms with Crippen LogP contribution in [0.15, 0.2) is 84.1 Å². The summed E-state index contributed by atoms with van der Waals surface area (Å²) in [5.74, 6) is 0.708. The van der Waals surface area contributed by atoms with Crippen molar-refractivity contribution in [2.24, 2.45) is 23.0 Å². The molecule has 0 heterocycles. The minimum atomic E-state index is -0.581. The van der Waals surface area contributed by atoms with E-state index in [0.717, 1.165) is 54.8 Å². The van der Waals surface area contributed by atoms with E-state index >= 15 is 0 Å². The molecule has 0 aliphatic heterocycles. The van der Waals surface area contributed by atoms with E-state index in [0.29, 0.717) is 17.2 Å². The van der Waals surface area contributed by atoms with Gasteiger partial charge in [-0.15, -0.1) is 0 Å². The zero-order chi connectivity index (χ0) is 30.7. The van der Waals surface area contributed by atoms with Gasteiger partial charge in [-0.2, -0.15) is 0 Å². The fourth-order valence-corrected chi connectivity index (χ4v) is 7.86. The highest BCUT2D eigenvalue weighted by atomic mass is 16.1. The molecule has 42 heavy (non-hydrogen) atoms. The maximum Gasteiger partial charge on any atom is 0.175 e. The number of benzene rings is 2. The SMILES string of the molecule is C=C(N)C1=C(C)C[C@@H]2CC3Cc4c(-c5cccc(C(=C)N(C)CCN(C)C)c5)ccc(C)c4C(=C)C3=C(C)[C@]2(C)C1=O. The Morgan fingerprint density at radius 3 is 2.43 bits per heavy atom. The second-order valence-electron chi connectivity index (χ2n) is 13.3. The fraction of sp³-hybridized carbons (Fsp3) is 0.395. The van der Waals surface area contributed by atoms with Gasteiger partial charge in [0.25, 0.3) is 0 Å². The molecule has 5 rings (SSSR count). The number of Topliss-reactive ketones (excluding diaryl/α,β-unsaturated/α-hetero) is 1. The molecule has 0 amide bonds. The van der Waals surface area contributed by atoms with E-state index in [-0.39, 0.29) is 11.7 Å². The van der Waals surface area contributed by atoms with Crippen LogP contribution < -0.4 is 5.73 Å². The van der Waals surface area contributed by atoms with Crippen molar-refractivity contribution in [3.8, 4) is 11.1 Å². The highest BCUT2D eigenvalue weighted by molar-refractivity contribution is 6.07. The van der Waals surface area contributed by atoms with Crippen LogP contribution in [0, 0.1) is 24.2 Å². The van der Waals surface area contributed by atoms with Gasteiger partial charge in [0, 0.05) is 37.1 Å². The van der Waals surface area contributed by atoms with Gasteiger partial charge in [0.1, 0.15) is 0 Å². The van der Waals surface area contributed by atoms with Crippen molar-refractivity contribution in [2.45, 2.75) is 47.0 Å². The van der Waals surface area contributed by atoms with Gasteiger partial charge in [-0.25, -0.2) is 0 Å². The normalized spacial score (nSPS) is 23.5. The fourth-order valence-electron chi connectivity index (χ4n) is 7.86. The third kappa shape index (κ3) is 4.70. The van der Waals surface area contributed by atoms with Gasteiger partial charge in [-0.3, -0.25) is 4.79 Å². The molecule has 3 aliphatic carbocycles. The van der Waals surface area contributed by atoms with Gasteiger partial charge in [-0.1, -0.05) is 61.2 Å². The third-order valence-corrected chi connectivity index (χ3v) is 10.4. The standard InChI is InChI=1S/C38H47N3O/c1-22-14-15-32(29-13-11-12-28(19-29)27(6)41(10)17-16-40(8)9)33-21-30-20-31-18-23(2)35(26(5)39)37(42)38(31,7)25(4)36(30)24(3)34(22)33/h11-15,19,30-31H,3,5-6,16-18,20-21,39H2,1-2,4,7-10H3/t30?,31-,38+/m1/s1. The van der Waals surface area contributed by atoms with Crippen molar-refractivity contribution < 1.29 is 4.79 Å². The number of carbonyl (C=O) groups is 1. The molecular weight excluding hydrogens is 514 g/mol. The molecule has 2 aromatic rings. The summed E-state index contributed by atoms with van der Waals surface area (Å²) in [5, 5.41) is 0. The summed E-state index contributed by atoms with van der Waals surface area (Å²) in [5.41, 5.74) is 19.7. The van der Waals surface area contributed by atoms with Crippen LogP contribution in [-0.2, 0) is 11.2 Å². The predicted octanol–water partition coefficient (Wildman–Crippen LogP) is 7.42. The number of likely N-dealkylation sites (N-methyl/N-ethyl adjacent to an activating group) is 2. The van der Waals surface area contributed by atoms with Gasteiger partial charge in [0.2, 0.25) is 0 Å². The van der Waals surface area contributed by atoms with E-state index in [2.05, 4.69) is 108 Å². The molecule has 0 saturated carbocycles. The van der Waals surface area contributed by atoms with E-state index in [1.165, 1.54) is 39.0 Å². The number of nitrogens with two attached hydrogens (primary N) is 1. The van der Waals surface area contributed by atoms with Gasteiger partial charge < -0.3 is 15.5 Å². The Kier molecular flexibility index (Phi) is 7.74. The molecule has 0 aromatic heterocycles. The highest BCUT2D eigenvalue weighted by Gasteiger charge is 2.53. The van der Waals surface area contributed by atoms with Gasteiger partial charge in [-0.05, 0) is 123 Å². The molecule has 4 nitrogen and oxygen atoms in total. The molecule has 4 heteroatoms. The van der Waals surface area contributed by atoms with Crippen molar-refractivity contribution in [1.29, 1.82) is 0 Å². The Bertz CT molecular complexity index is 1590. The third-order valence-electron chi connectivity index (χ3n) is 10.4. The monoisotopic (exact) mass is 561 g/mol. The number of hydrogen-bond acceptors (Lipinski definition) is 4. The topological polar surface area (TPSA) is 49.6 Å². The Balaban J connectivity index is 1.57. The number of aryl methyl sites for hydroxylation is 1. The number of ketones is 1. The van der Waals surface area contributed by atoms with Crippen LogP contribution in [0.25, 0.3) is 22.4 Å². The van der Waals surface area contributed by atoms with Gasteiger partial charge >= 0.3 is 0 Å². The first-order valence-electron chi connectivity index (χ1n) is 15.2. The van der Waals surface area contributed by atoms with Crippen molar-refractivity contribution in [1.82, 2.24) is 9.80 Å². The van der Waals surface area contributed by atoms with E-state index in [1.807, 2.05) is 0 Å². The predicted molar refractivity (Wildman–Crippen MR) is 178 cm³/mol. The van der Waals surface area contributed by atoms with E-state index in [9.17, 15) is 4.79 Å². The zero-order valence-electron chi connectivity index (χ0n) is 26.7. The number of rotatable bonds is 7. The quantitative estimate of drug-likeness (QED) is 0.382. The van der Waals surface area contributed by atoms with E-state index < -0.39 is 5.41 Å². The number of hydrogen-bond donors (Lipinski definition) is 1. The van der Waals surface area contributed by atoms with Crippen LogP contribution in [-0.4, -0.2) is 49.8 Å². The molecule has 3 atom stereocenters. The molecule has 0 saturated heterocycles. The van der Waals surface area contributed by atoms with E-state index in [4.69, 9.17) is 12.3 Å². The average molecular weight is 562 g/mol. The first kappa shape index (κ1) is 29.8. The minimum Gasteiger partial charge on any atom is -0.399 e. The Labute approximate surface area is 253 Å². The second-order valence-corrected chi connectivity index (χ2v) is 13.3. The molecule has 2 N–H and O–H groups in total. The minimum absolute atomic E-state index is 0.129. The molecular formula is C38H47N3O. The van der Waals surface area contributed by atoms with Crippen LogP contribution in [0.4, 0.5) is 0 Å². The van der Waals surface area contributed by atoms with E-state index in [1.54, 1.807) is 0 Å². The van der Waals surface area contributed by atoms with Crippen molar-refractivity contribution >= 4 is 17.1 Å². The lowest BCUT2D eigenvalue weighted by Gasteiger charge is -2.50. The van der Waals surface area contributed by atoms with Crippen LogP contribution in [0.2, 0.25) is 0 Å². The molecule has 3 aliphatic rings. The Morgan fingerprint density at radius 1 is 1.05 bits per heavy atom. The maximum atomic E-state index is 14.0. The number of fused-ring (bicyclic) bond motifs is 3. The lowest BCUT2D eigenvalue weighted by atomic mass is 9.52. The highest BCUT2D eigenvalue weighted by Crippen LogP contribution is 2.59. The largest absolute Gasteiger partial charge is 0.399 e. The number of carbonyl (C=O) groups excluding carboxylic acids is 1. The summed E-state index contributed by atoms with van der Waals surface area (Å²) in [7, 11) is 6.31. The smallest absolute Gasteiger partial charge is 0.175 e. The van der Waals surface area contributed by atoms with Crippen molar-refractivity contribution in [3.63, 3.8) is 0 Å². The van der Waals surface area contributed by atoms with Gasteiger partial charge in [0.15, 0.2) is 5.78 Å². The molecule has 0 spiro atoms. The van der Waals surface area contributed by atoms with Crippen molar-refractivity contribution in [2.75, 3.05) is 34.2 Å². The lowest BCUT2D eigenvalue weighted by molar-refractivity contribution is -0.126. The first-order valence-corrected chi connectivity index (χ1v) is 15.2. The molecule has 0 fully saturated rings. The average Bonchev–Trinajstić information content (AvgIpc) is 2.93. The molecule has 0 bridgehead atoms. The maximum absolute atomic E-state index is 14.0. The summed E-state index contributed by atoms with van der Waals surface area (Å²) >= 11 is 0.